The number of hydrogen-bond acceptors (Lipinski definition) is 9. The first-order chi connectivity index (χ1) is 18.1. The molecule has 1 heterocycles. The van der Waals surface area contributed by atoms with Crippen LogP contribution in [0.15, 0.2) is 47.6 Å². The summed E-state index contributed by atoms with van der Waals surface area (Å²) >= 11 is 0. The molecule has 0 amide bonds. The second-order valence-electron chi connectivity index (χ2n) is 9.68. The lowest BCUT2D eigenvalue weighted by molar-refractivity contribution is -0.153. The molecule has 9 nitrogen and oxygen atoms in total. The minimum atomic E-state index is -0.719. The number of benzene rings is 1. The average Bonchev–Trinajstić information content (AvgIpc) is 3.16. The van der Waals surface area contributed by atoms with E-state index in [9.17, 15) is 19.2 Å². The normalized spacial score (nSPS) is 21.3. The summed E-state index contributed by atoms with van der Waals surface area (Å²) in [6, 6.07) is 6.30. The van der Waals surface area contributed by atoms with Gasteiger partial charge in [-0.1, -0.05) is 26.0 Å². The zero-order chi connectivity index (χ0) is 27.8. The van der Waals surface area contributed by atoms with E-state index in [0.717, 1.165) is 17.6 Å². The fourth-order valence-electron chi connectivity index (χ4n) is 4.93. The van der Waals surface area contributed by atoms with Gasteiger partial charge in [-0.2, -0.15) is 0 Å². The van der Waals surface area contributed by atoms with Crippen LogP contribution in [0.5, 0.6) is 5.75 Å². The minimum Gasteiger partial charge on any atom is -0.482 e. The molecule has 0 bridgehead atoms. The third-order valence-electron chi connectivity index (χ3n) is 6.72. The lowest BCUT2D eigenvalue weighted by Gasteiger charge is -2.37. The van der Waals surface area contributed by atoms with Crippen LogP contribution in [-0.4, -0.2) is 55.9 Å². The van der Waals surface area contributed by atoms with Crippen molar-refractivity contribution in [1.29, 1.82) is 0 Å². The molecule has 1 aliphatic heterocycles. The Bertz CT molecular complexity index is 1090. The van der Waals surface area contributed by atoms with Gasteiger partial charge in [0.1, 0.15) is 18.0 Å². The summed E-state index contributed by atoms with van der Waals surface area (Å²) in [4.78, 5) is 48.2. The summed E-state index contributed by atoms with van der Waals surface area (Å²) in [6.45, 7) is 11.5. The Hall–Kier alpha value is -3.62. The van der Waals surface area contributed by atoms with Crippen LogP contribution in [0.25, 0.3) is 0 Å². The van der Waals surface area contributed by atoms with Crippen molar-refractivity contribution in [1.82, 2.24) is 0 Å². The highest BCUT2D eigenvalue weighted by Gasteiger charge is 2.50. The summed E-state index contributed by atoms with van der Waals surface area (Å²) in [6.07, 6.45) is 1.46. The van der Waals surface area contributed by atoms with Gasteiger partial charge in [-0.15, -0.1) is 0 Å². The number of carbonyl (C=O) groups excluding carboxylic acids is 4. The van der Waals surface area contributed by atoms with E-state index < -0.39 is 36.0 Å². The minimum absolute atomic E-state index is 0.00809. The molecule has 1 aromatic rings. The molecule has 9 heteroatoms. The molecule has 1 aliphatic carbocycles. The number of fused-ring (bicyclic) bond motifs is 1. The number of carbonyl (C=O) groups is 4. The highest BCUT2D eigenvalue weighted by molar-refractivity contribution is 5.91. The highest BCUT2D eigenvalue weighted by atomic mass is 16.6. The molecule has 0 aromatic heterocycles. The highest BCUT2D eigenvalue weighted by Crippen LogP contribution is 2.45. The van der Waals surface area contributed by atoms with Gasteiger partial charge >= 0.3 is 23.9 Å². The van der Waals surface area contributed by atoms with Crippen molar-refractivity contribution in [2.75, 3.05) is 19.8 Å². The van der Waals surface area contributed by atoms with Crippen molar-refractivity contribution in [2.45, 2.75) is 65.6 Å². The third-order valence-corrected chi connectivity index (χ3v) is 6.72. The summed E-state index contributed by atoms with van der Waals surface area (Å²) in [7, 11) is 0. The first kappa shape index (κ1) is 28.9. The van der Waals surface area contributed by atoms with E-state index >= 15 is 0 Å². The number of hydrogen-bond donors (Lipinski definition) is 0. The van der Waals surface area contributed by atoms with E-state index in [2.05, 4.69) is 6.58 Å². The van der Waals surface area contributed by atoms with E-state index in [1.807, 2.05) is 20.8 Å². The fraction of sp³-hybridized carbons (Fsp3) is 0.517. The second-order valence-corrected chi connectivity index (χ2v) is 9.68. The third kappa shape index (κ3) is 7.24. The molecule has 4 atom stereocenters. The number of rotatable bonds is 12. The van der Waals surface area contributed by atoms with E-state index in [0.29, 0.717) is 43.8 Å². The summed E-state index contributed by atoms with van der Waals surface area (Å²) in [5.74, 6) is -1.91. The summed E-state index contributed by atoms with van der Waals surface area (Å²) < 4.78 is 27.2. The van der Waals surface area contributed by atoms with Gasteiger partial charge < -0.3 is 23.7 Å². The largest absolute Gasteiger partial charge is 0.482 e. The van der Waals surface area contributed by atoms with Gasteiger partial charge in [-0.3, -0.25) is 4.79 Å². The zero-order valence-corrected chi connectivity index (χ0v) is 22.4. The summed E-state index contributed by atoms with van der Waals surface area (Å²) in [5, 5.41) is 0. The monoisotopic (exact) mass is 528 g/mol. The molecule has 0 radical (unpaired) electrons. The van der Waals surface area contributed by atoms with Crippen LogP contribution in [-0.2, 0) is 33.3 Å². The Balaban J connectivity index is 1.67. The molecule has 206 valence electrons. The van der Waals surface area contributed by atoms with Gasteiger partial charge in [-0.25, -0.2) is 14.4 Å². The Morgan fingerprint density at radius 1 is 1.13 bits per heavy atom. The second kappa shape index (κ2) is 13.3. The molecule has 0 unspecified atom stereocenters. The van der Waals surface area contributed by atoms with E-state index in [1.165, 1.54) is 6.92 Å². The van der Waals surface area contributed by atoms with Crippen molar-refractivity contribution in [3.63, 3.8) is 0 Å². The van der Waals surface area contributed by atoms with Crippen molar-refractivity contribution < 1.29 is 42.9 Å². The molecule has 0 saturated carbocycles. The lowest BCUT2D eigenvalue weighted by Crippen LogP contribution is -2.41. The molecular formula is C29H36O9. The van der Waals surface area contributed by atoms with Gasteiger partial charge in [0.25, 0.3) is 0 Å². The Morgan fingerprint density at radius 2 is 1.84 bits per heavy atom. The topological polar surface area (TPSA) is 114 Å². The molecular weight excluding hydrogens is 492 g/mol. The predicted molar refractivity (Wildman–Crippen MR) is 137 cm³/mol. The number of ether oxygens (including phenoxy) is 5. The maximum Gasteiger partial charge on any atom is 0.344 e. The maximum absolute atomic E-state index is 12.9. The van der Waals surface area contributed by atoms with Crippen LogP contribution in [0.1, 0.15) is 63.7 Å². The molecule has 2 aliphatic rings. The van der Waals surface area contributed by atoms with Crippen LogP contribution in [0, 0.1) is 11.8 Å². The van der Waals surface area contributed by atoms with Crippen molar-refractivity contribution in [3.05, 3.63) is 53.1 Å². The molecule has 3 rings (SSSR count). The first-order valence-electron chi connectivity index (χ1n) is 12.9. The van der Waals surface area contributed by atoms with Crippen LogP contribution in [0.3, 0.4) is 0 Å². The van der Waals surface area contributed by atoms with Crippen LogP contribution in [0.4, 0.5) is 0 Å². The maximum atomic E-state index is 12.9. The molecule has 1 fully saturated rings. The quantitative estimate of drug-likeness (QED) is 0.128. The van der Waals surface area contributed by atoms with Gasteiger partial charge in [-0.05, 0) is 61.9 Å². The van der Waals surface area contributed by atoms with E-state index in [-0.39, 0.29) is 24.1 Å². The molecule has 0 N–H and O–H groups in total. The van der Waals surface area contributed by atoms with Crippen LogP contribution in [0.2, 0.25) is 0 Å². The Labute approximate surface area is 223 Å². The molecule has 38 heavy (non-hydrogen) atoms. The van der Waals surface area contributed by atoms with Crippen molar-refractivity contribution in [3.8, 4) is 5.75 Å². The van der Waals surface area contributed by atoms with Crippen molar-refractivity contribution >= 4 is 23.9 Å². The lowest BCUT2D eigenvalue weighted by atomic mass is 9.73. The SMILES string of the molecule is C=C1C(=O)O[C@@H]2CC(C)=C([C@@H](C)CCCOC(C)=O)[C@@H](OC(=O)COc3ccc(C(=O)OCCC)cc3)[C@H]12. The van der Waals surface area contributed by atoms with E-state index in [4.69, 9.17) is 23.7 Å². The van der Waals surface area contributed by atoms with E-state index in [1.54, 1.807) is 24.3 Å². The summed E-state index contributed by atoms with van der Waals surface area (Å²) in [5.41, 5.74) is 2.60. The van der Waals surface area contributed by atoms with Crippen molar-refractivity contribution in [2.24, 2.45) is 11.8 Å². The zero-order valence-electron chi connectivity index (χ0n) is 22.4. The van der Waals surface area contributed by atoms with Gasteiger partial charge in [0.2, 0.25) is 0 Å². The molecule has 1 saturated heterocycles. The van der Waals surface area contributed by atoms with Gasteiger partial charge in [0, 0.05) is 18.9 Å². The Morgan fingerprint density at radius 3 is 2.50 bits per heavy atom. The molecule has 0 spiro atoms. The average molecular weight is 529 g/mol. The predicted octanol–water partition coefficient (Wildman–Crippen LogP) is 4.34. The fourth-order valence-corrected chi connectivity index (χ4v) is 4.93. The molecule has 1 aromatic carbocycles. The van der Waals surface area contributed by atoms with Gasteiger partial charge in [0.15, 0.2) is 6.61 Å². The standard InChI is InChI=1S/C29H36O9/c1-6-13-35-29(33)21-9-11-22(12-10-21)36-16-24(31)38-27-25(17(2)8-7-14-34-20(5)30)18(3)15-23-26(27)19(4)28(32)37-23/h9-12,17,23,26-27H,4,6-8,13-16H2,1-3,5H3/t17-,23+,26+,27+/m0/s1. The van der Waals surface area contributed by atoms with Crippen LogP contribution < -0.4 is 4.74 Å². The van der Waals surface area contributed by atoms with Gasteiger partial charge in [0.05, 0.1) is 24.7 Å². The first-order valence-corrected chi connectivity index (χ1v) is 12.9. The smallest absolute Gasteiger partial charge is 0.344 e. The Kier molecular flexibility index (Phi) is 10.1. The van der Waals surface area contributed by atoms with Crippen LogP contribution >= 0.6 is 0 Å². The number of esters is 4.